The van der Waals surface area contributed by atoms with Crippen LogP contribution in [0.5, 0.6) is 0 Å². The highest BCUT2D eigenvalue weighted by Crippen LogP contribution is 2.23. The molecule has 0 radical (unpaired) electrons. The summed E-state index contributed by atoms with van der Waals surface area (Å²) in [5.41, 5.74) is 2.18. The first-order valence-corrected chi connectivity index (χ1v) is 5.07. The Morgan fingerprint density at radius 2 is 1.86 bits per heavy atom. The Hall–Kier alpha value is -1.05. The van der Waals surface area contributed by atoms with Crippen LogP contribution in [0, 0.1) is 5.41 Å². The summed E-state index contributed by atoms with van der Waals surface area (Å²) < 4.78 is 0. The lowest BCUT2D eigenvalue weighted by atomic mass is 9.89. The molecule has 0 spiro atoms. The van der Waals surface area contributed by atoms with Gasteiger partial charge in [-0.1, -0.05) is 27.4 Å². The van der Waals surface area contributed by atoms with Gasteiger partial charge < -0.3 is 0 Å². The number of hydrogen-bond acceptors (Lipinski definition) is 2. The van der Waals surface area contributed by atoms with Crippen LogP contribution in [0.15, 0.2) is 29.5 Å². The number of nitrogens with zero attached hydrogens (tertiary/aromatic N) is 2. The minimum Gasteiger partial charge on any atom is -0.263 e. The van der Waals surface area contributed by atoms with E-state index in [2.05, 4.69) is 52.4 Å². The van der Waals surface area contributed by atoms with Crippen LogP contribution in [-0.2, 0) is 0 Å². The Balaban J connectivity index is 2.97. The second kappa shape index (κ2) is 3.60. The van der Waals surface area contributed by atoms with Gasteiger partial charge in [-0.15, -0.1) is 0 Å². The Labute approximate surface area is 87.0 Å². The van der Waals surface area contributed by atoms with Crippen molar-refractivity contribution in [2.75, 3.05) is 0 Å². The highest BCUT2D eigenvalue weighted by atomic mass is 15.5. The zero-order chi connectivity index (χ0) is 10.9. The summed E-state index contributed by atoms with van der Waals surface area (Å²) in [7, 11) is 0. The predicted octanol–water partition coefficient (Wildman–Crippen LogP) is 3.18. The van der Waals surface area contributed by atoms with Crippen LogP contribution in [0.3, 0.4) is 0 Å². The summed E-state index contributed by atoms with van der Waals surface area (Å²) in [5, 5.41) is 6.57. The molecule has 0 N–H and O–H groups in total. The Kier molecular flexibility index (Phi) is 2.84. The van der Waals surface area contributed by atoms with E-state index in [4.69, 9.17) is 0 Å². The molecule has 1 heterocycles. The monoisotopic (exact) mass is 192 g/mol. The molecule has 0 saturated heterocycles. The van der Waals surface area contributed by atoms with Crippen molar-refractivity contribution in [3.8, 4) is 0 Å². The molecule has 0 aromatic rings. The van der Waals surface area contributed by atoms with Gasteiger partial charge in [-0.05, 0) is 26.0 Å². The molecule has 0 bridgehead atoms. The SMILES string of the molecule is C=C1C=CC(C(C)(C)C)=NN1C(C)C. The van der Waals surface area contributed by atoms with Crippen LogP contribution >= 0.6 is 0 Å². The maximum Gasteiger partial charge on any atom is 0.0663 e. The van der Waals surface area contributed by atoms with Crippen LogP contribution in [0.25, 0.3) is 0 Å². The van der Waals surface area contributed by atoms with Crippen molar-refractivity contribution in [2.24, 2.45) is 10.5 Å². The third-order valence-electron chi connectivity index (χ3n) is 2.20. The molecule has 0 amide bonds. The fourth-order valence-corrected chi connectivity index (χ4v) is 1.31. The Morgan fingerprint density at radius 1 is 1.29 bits per heavy atom. The van der Waals surface area contributed by atoms with Crippen molar-refractivity contribution in [3.05, 3.63) is 24.4 Å². The van der Waals surface area contributed by atoms with Gasteiger partial charge in [0.15, 0.2) is 0 Å². The topological polar surface area (TPSA) is 15.6 Å². The van der Waals surface area contributed by atoms with Gasteiger partial charge in [0.2, 0.25) is 0 Å². The van der Waals surface area contributed by atoms with E-state index in [1.54, 1.807) is 0 Å². The van der Waals surface area contributed by atoms with E-state index in [1.165, 1.54) is 0 Å². The second-order valence-electron chi connectivity index (χ2n) is 5.00. The summed E-state index contributed by atoms with van der Waals surface area (Å²) in [6.07, 6.45) is 4.09. The minimum absolute atomic E-state index is 0.102. The third kappa shape index (κ3) is 2.25. The largest absolute Gasteiger partial charge is 0.263 e. The molecular formula is C12H20N2. The lowest BCUT2D eigenvalue weighted by molar-refractivity contribution is 0.302. The number of rotatable bonds is 1. The molecule has 1 aliphatic rings. The average molecular weight is 192 g/mol. The molecule has 2 heteroatoms. The highest BCUT2D eigenvalue weighted by molar-refractivity contribution is 5.99. The summed E-state index contributed by atoms with van der Waals surface area (Å²) in [4.78, 5) is 0. The normalized spacial score (nSPS) is 17.7. The lowest BCUT2D eigenvalue weighted by Crippen LogP contribution is -2.31. The molecule has 0 aromatic heterocycles. The van der Waals surface area contributed by atoms with E-state index in [0.29, 0.717) is 6.04 Å². The molecule has 0 unspecified atom stereocenters. The third-order valence-corrected chi connectivity index (χ3v) is 2.20. The van der Waals surface area contributed by atoms with Gasteiger partial charge in [-0.25, -0.2) is 0 Å². The maximum absolute atomic E-state index is 4.60. The zero-order valence-electron chi connectivity index (χ0n) is 9.83. The molecular weight excluding hydrogens is 172 g/mol. The first-order valence-electron chi connectivity index (χ1n) is 5.07. The van der Waals surface area contributed by atoms with E-state index >= 15 is 0 Å². The Bertz CT molecular complexity index is 290. The van der Waals surface area contributed by atoms with Crippen LogP contribution in [0.4, 0.5) is 0 Å². The van der Waals surface area contributed by atoms with Crippen LogP contribution in [-0.4, -0.2) is 16.8 Å². The number of allylic oxidation sites excluding steroid dienone is 2. The number of hydrogen-bond donors (Lipinski definition) is 0. The van der Waals surface area contributed by atoms with Gasteiger partial charge in [0.25, 0.3) is 0 Å². The van der Waals surface area contributed by atoms with Gasteiger partial charge in [0.05, 0.1) is 11.4 Å². The smallest absolute Gasteiger partial charge is 0.0663 e. The molecule has 0 aliphatic carbocycles. The second-order valence-corrected chi connectivity index (χ2v) is 5.00. The molecule has 1 rings (SSSR count). The van der Waals surface area contributed by atoms with E-state index < -0.39 is 0 Å². The van der Waals surface area contributed by atoms with Crippen LogP contribution in [0.2, 0.25) is 0 Å². The van der Waals surface area contributed by atoms with Crippen molar-refractivity contribution in [1.29, 1.82) is 0 Å². The maximum atomic E-state index is 4.60. The quantitative estimate of drug-likeness (QED) is 0.623. The summed E-state index contributed by atoms with van der Waals surface area (Å²) >= 11 is 0. The molecule has 1 aliphatic heterocycles. The van der Waals surface area contributed by atoms with Crippen molar-refractivity contribution < 1.29 is 0 Å². The van der Waals surface area contributed by atoms with E-state index in [9.17, 15) is 0 Å². The van der Waals surface area contributed by atoms with Crippen LogP contribution < -0.4 is 0 Å². The standard InChI is InChI=1S/C12H20N2/c1-9(2)14-10(3)7-8-11(13-14)12(4,5)6/h7-9H,3H2,1-2,4-6H3. The van der Waals surface area contributed by atoms with Crippen molar-refractivity contribution >= 4 is 5.71 Å². The molecule has 2 nitrogen and oxygen atoms in total. The van der Waals surface area contributed by atoms with E-state index in [0.717, 1.165) is 11.4 Å². The molecule has 14 heavy (non-hydrogen) atoms. The summed E-state index contributed by atoms with van der Waals surface area (Å²) in [6.45, 7) is 14.7. The summed E-state index contributed by atoms with van der Waals surface area (Å²) in [5.74, 6) is 0. The molecule has 0 aromatic carbocycles. The first-order chi connectivity index (χ1) is 6.32. The molecule has 0 fully saturated rings. The fourth-order valence-electron chi connectivity index (χ4n) is 1.31. The first kappa shape index (κ1) is 11.0. The zero-order valence-corrected chi connectivity index (χ0v) is 9.83. The fraction of sp³-hybridized carbons (Fsp3) is 0.583. The van der Waals surface area contributed by atoms with Gasteiger partial charge in [-0.3, -0.25) is 5.01 Å². The van der Waals surface area contributed by atoms with Crippen LogP contribution in [0.1, 0.15) is 34.6 Å². The van der Waals surface area contributed by atoms with Gasteiger partial charge >= 0.3 is 0 Å². The number of hydrazone groups is 1. The van der Waals surface area contributed by atoms with E-state index in [1.807, 2.05) is 11.1 Å². The molecule has 0 atom stereocenters. The lowest BCUT2D eigenvalue weighted by Gasteiger charge is -2.31. The van der Waals surface area contributed by atoms with Crippen molar-refractivity contribution in [2.45, 2.75) is 40.7 Å². The minimum atomic E-state index is 0.102. The van der Waals surface area contributed by atoms with Gasteiger partial charge in [0, 0.05) is 11.5 Å². The van der Waals surface area contributed by atoms with Crippen molar-refractivity contribution in [1.82, 2.24) is 5.01 Å². The predicted molar refractivity (Wildman–Crippen MR) is 62.1 cm³/mol. The van der Waals surface area contributed by atoms with Crippen molar-refractivity contribution in [3.63, 3.8) is 0 Å². The van der Waals surface area contributed by atoms with Gasteiger partial charge in [0.1, 0.15) is 0 Å². The average Bonchev–Trinajstić information content (AvgIpc) is 2.02. The Morgan fingerprint density at radius 3 is 2.29 bits per heavy atom. The highest BCUT2D eigenvalue weighted by Gasteiger charge is 2.22. The summed E-state index contributed by atoms with van der Waals surface area (Å²) in [6, 6.07) is 0.366. The molecule has 0 saturated carbocycles. The molecule has 78 valence electrons. The van der Waals surface area contributed by atoms with Gasteiger partial charge in [-0.2, -0.15) is 5.10 Å². The van der Waals surface area contributed by atoms with E-state index in [-0.39, 0.29) is 5.41 Å².